The molecule has 7 heteroatoms. The summed E-state index contributed by atoms with van der Waals surface area (Å²) in [7, 11) is 0. The fourth-order valence-corrected chi connectivity index (χ4v) is 6.97. The van der Waals surface area contributed by atoms with Crippen LogP contribution in [0.1, 0.15) is 53.6 Å². The van der Waals surface area contributed by atoms with E-state index in [0.717, 1.165) is 49.7 Å². The summed E-state index contributed by atoms with van der Waals surface area (Å²) < 4.78 is 5.27. The Balaban J connectivity index is 1.06. The van der Waals surface area contributed by atoms with Crippen molar-refractivity contribution in [2.75, 3.05) is 32.7 Å². The fraction of sp³-hybridized carbons (Fsp3) is 0.375. The van der Waals surface area contributed by atoms with Gasteiger partial charge in [0, 0.05) is 42.4 Å². The molecule has 2 aromatic carbocycles. The first kappa shape index (κ1) is 24.2. The maximum atomic E-state index is 13.8. The maximum absolute atomic E-state index is 13.8. The highest BCUT2D eigenvalue weighted by Crippen LogP contribution is 2.37. The van der Waals surface area contributed by atoms with Crippen molar-refractivity contribution in [2.24, 2.45) is 0 Å². The van der Waals surface area contributed by atoms with Crippen LogP contribution in [0.4, 0.5) is 4.79 Å². The lowest BCUT2D eigenvalue weighted by molar-refractivity contribution is 0.132. The Kier molecular flexibility index (Phi) is 6.24. The van der Waals surface area contributed by atoms with Crippen LogP contribution < -0.4 is 10.6 Å². The van der Waals surface area contributed by atoms with E-state index < -0.39 is 0 Å². The van der Waals surface area contributed by atoms with Crippen molar-refractivity contribution in [2.45, 2.75) is 44.6 Å². The molecule has 39 heavy (non-hydrogen) atoms. The summed E-state index contributed by atoms with van der Waals surface area (Å²) >= 11 is 0. The number of H-pyrrole nitrogens is 1. The first-order chi connectivity index (χ1) is 19.2. The molecule has 1 N–H and O–H groups in total. The summed E-state index contributed by atoms with van der Waals surface area (Å²) in [6.07, 6.45) is 9.67. The Morgan fingerprint density at radius 3 is 2.79 bits per heavy atom. The molecular formula is C32H35N5O2. The Labute approximate surface area is 228 Å². The summed E-state index contributed by atoms with van der Waals surface area (Å²) in [6.45, 7) is 6.65. The SMILES string of the molecule is Cc1[nH]c2ccccc2c1C1CCN(CCC2c3ccccc3CCN2C(=O)N2C=c3cnoc3=CC2)CC1. The molecule has 200 valence electrons. The number of piperidine rings is 1. The third-order valence-electron chi connectivity index (χ3n) is 8.96. The Morgan fingerprint density at radius 2 is 1.90 bits per heavy atom. The standard InChI is InChI=1S/C32H35N5O2/c1-22-31(27-8-4-5-9-28(27)34-22)24-10-15-35(16-11-24)17-13-29-26-7-3-2-6-23(26)12-19-37(29)32(38)36-18-14-30-25(21-36)20-33-39-30/h2-9,14,20-21,24,29,34H,10-13,15-19H2,1H3. The first-order valence-electron chi connectivity index (χ1n) is 14.2. The summed E-state index contributed by atoms with van der Waals surface area (Å²) in [5.41, 5.74) is 7.48. The van der Waals surface area contributed by atoms with Gasteiger partial charge in [0.05, 0.1) is 17.5 Å². The molecule has 0 aliphatic carbocycles. The van der Waals surface area contributed by atoms with Gasteiger partial charge in [-0.15, -0.1) is 0 Å². The van der Waals surface area contributed by atoms with Gasteiger partial charge in [0.25, 0.3) is 0 Å². The Bertz CT molecular complexity index is 1630. The molecule has 1 unspecified atom stereocenters. The van der Waals surface area contributed by atoms with Gasteiger partial charge >= 0.3 is 6.03 Å². The normalized spacial score (nSPS) is 19.9. The lowest BCUT2D eigenvalue weighted by Gasteiger charge is -2.41. The van der Waals surface area contributed by atoms with E-state index in [1.807, 2.05) is 12.3 Å². The highest BCUT2D eigenvalue weighted by molar-refractivity contribution is 5.85. The molecule has 0 bridgehead atoms. The molecule has 7 nitrogen and oxygen atoms in total. The van der Waals surface area contributed by atoms with Gasteiger partial charge in [-0.2, -0.15) is 0 Å². The highest BCUT2D eigenvalue weighted by atomic mass is 16.5. The second-order valence-electron chi connectivity index (χ2n) is 11.2. The minimum Gasteiger partial charge on any atom is -0.358 e. The Hall–Kier alpha value is -3.84. The predicted octanol–water partition coefficient (Wildman–Crippen LogP) is 4.29. The smallest absolute Gasteiger partial charge is 0.324 e. The summed E-state index contributed by atoms with van der Waals surface area (Å²) in [4.78, 5) is 23.9. The number of carbonyl (C=O) groups excluding carboxylic acids is 1. The van der Waals surface area contributed by atoms with E-state index in [2.05, 4.69) is 75.4 Å². The number of rotatable bonds is 4. The molecule has 3 aliphatic heterocycles. The molecule has 3 aliphatic rings. The molecule has 7 rings (SSSR count). The number of benzene rings is 2. The number of hydrogen-bond donors (Lipinski definition) is 1. The number of likely N-dealkylation sites (tertiary alicyclic amines) is 1. The van der Waals surface area contributed by atoms with Gasteiger partial charge < -0.3 is 19.3 Å². The quantitative estimate of drug-likeness (QED) is 0.435. The lowest BCUT2D eigenvalue weighted by atomic mass is 9.87. The van der Waals surface area contributed by atoms with Crippen molar-refractivity contribution in [1.29, 1.82) is 0 Å². The first-order valence-corrected chi connectivity index (χ1v) is 14.2. The van der Waals surface area contributed by atoms with Crippen LogP contribution in [-0.2, 0) is 6.42 Å². The topological polar surface area (TPSA) is 68.6 Å². The van der Waals surface area contributed by atoms with E-state index in [9.17, 15) is 4.79 Å². The molecule has 4 aromatic rings. The number of aromatic nitrogens is 2. The summed E-state index contributed by atoms with van der Waals surface area (Å²) in [5, 5.41) is 6.12. The summed E-state index contributed by atoms with van der Waals surface area (Å²) in [5.74, 6) is 0.596. The fourth-order valence-electron chi connectivity index (χ4n) is 6.97. The van der Waals surface area contributed by atoms with E-state index in [0.29, 0.717) is 12.5 Å². The Morgan fingerprint density at radius 1 is 1.08 bits per heavy atom. The third-order valence-corrected chi connectivity index (χ3v) is 8.96. The van der Waals surface area contributed by atoms with Crippen LogP contribution in [0.2, 0.25) is 0 Å². The van der Waals surface area contributed by atoms with Crippen molar-refractivity contribution in [3.8, 4) is 0 Å². The van der Waals surface area contributed by atoms with Crippen molar-refractivity contribution >= 4 is 29.2 Å². The van der Waals surface area contributed by atoms with Crippen LogP contribution in [0.5, 0.6) is 0 Å². The van der Waals surface area contributed by atoms with Gasteiger partial charge in [-0.1, -0.05) is 47.6 Å². The molecule has 2 amide bonds. The van der Waals surface area contributed by atoms with E-state index in [-0.39, 0.29) is 12.1 Å². The van der Waals surface area contributed by atoms with Crippen LogP contribution in [0.25, 0.3) is 23.2 Å². The number of urea groups is 1. The minimum absolute atomic E-state index is 0.0612. The number of nitrogens with zero attached hydrogens (tertiary/aromatic N) is 4. The van der Waals surface area contributed by atoms with E-state index >= 15 is 0 Å². The zero-order chi connectivity index (χ0) is 26.3. The number of aryl methyl sites for hydroxylation is 1. The number of carbonyl (C=O) groups is 1. The third kappa shape index (κ3) is 4.44. The van der Waals surface area contributed by atoms with Crippen molar-refractivity contribution in [3.63, 3.8) is 0 Å². The predicted molar refractivity (Wildman–Crippen MR) is 152 cm³/mol. The number of para-hydroxylation sites is 1. The van der Waals surface area contributed by atoms with Crippen LogP contribution in [0.3, 0.4) is 0 Å². The zero-order valence-corrected chi connectivity index (χ0v) is 22.5. The molecule has 0 saturated carbocycles. The lowest BCUT2D eigenvalue weighted by Crippen LogP contribution is -2.48. The number of amides is 2. The average molecular weight is 522 g/mol. The summed E-state index contributed by atoms with van der Waals surface area (Å²) in [6, 6.07) is 17.5. The van der Waals surface area contributed by atoms with Gasteiger partial charge in [0.2, 0.25) is 0 Å². The van der Waals surface area contributed by atoms with Gasteiger partial charge in [-0.05, 0) is 80.4 Å². The molecule has 0 radical (unpaired) electrons. The molecule has 1 saturated heterocycles. The molecule has 1 fully saturated rings. The number of aromatic amines is 1. The van der Waals surface area contributed by atoms with E-state index in [1.165, 1.54) is 46.1 Å². The molecular weight excluding hydrogens is 486 g/mol. The maximum Gasteiger partial charge on any atom is 0.324 e. The van der Waals surface area contributed by atoms with Crippen LogP contribution in [0.15, 0.2) is 59.3 Å². The minimum atomic E-state index is 0.0612. The zero-order valence-electron chi connectivity index (χ0n) is 22.5. The second-order valence-corrected chi connectivity index (χ2v) is 11.2. The van der Waals surface area contributed by atoms with Crippen molar-refractivity contribution in [3.05, 3.63) is 87.7 Å². The van der Waals surface area contributed by atoms with Gasteiger partial charge in [-0.3, -0.25) is 4.90 Å². The molecule has 1 atom stereocenters. The van der Waals surface area contributed by atoms with Crippen LogP contribution in [-0.4, -0.2) is 63.6 Å². The number of hydrogen-bond acceptors (Lipinski definition) is 4. The van der Waals surface area contributed by atoms with Crippen molar-refractivity contribution < 1.29 is 9.32 Å². The van der Waals surface area contributed by atoms with Crippen molar-refractivity contribution in [1.82, 2.24) is 24.8 Å². The average Bonchev–Trinajstić information content (AvgIpc) is 3.58. The molecule has 0 spiro atoms. The van der Waals surface area contributed by atoms with Crippen LogP contribution >= 0.6 is 0 Å². The largest absolute Gasteiger partial charge is 0.358 e. The van der Waals surface area contributed by atoms with E-state index in [1.54, 1.807) is 11.1 Å². The molecule has 5 heterocycles. The van der Waals surface area contributed by atoms with E-state index in [4.69, 9.17) is 4.52 Å². The van der Waals surface area contributed by atoms with Crippen LogP contribution in [0, 0.1) is 6.92 Å². The molecule has 2 aromatic heterocycles. The van der Waals surface area contributed by atoms with Gasteiger partial charge in [0.1, 0.15) is 0 Å². The number of fused-ring (bicyclic) bond motifs is 3. The highest BCUT2D eigenvalue weighted by Gasteiger charge is 2.34. The number of nitrogens with one attached hydrogen (secondary N) is 1. The van der Waals surface area contributed by atoms with Gasteiger partial charge in [0.15, 0.2) is 5.42 Å². The van der Waals surface area contributed by atoms with Gasteiger partial charge in [-0.25, -0.2) is 4.79 Å². The monoisotopic (exact) mass is 521 g/mol. The second kappa shape index (κ2) is 10.0.